The summed E-state index contributed by atoms with van der Waals surface area (Å²) in [7, 11) is 1.91. The Kier molecular flexibility index (Phi) is 7.80. The Hall–Kier alpha value is -0.280. The average Bonchev–Trinajstić information content (AvgIpc) is 2.36. The first-order valence-electron chi connectivity index (χ1n) is 6.62. The lowest BCUT2D eigenvalue weighted by atomic mass is 9.84. The number of rotatable bonds is 4. The van der Waals surface area contributed by atoms with Crippen molar-refractivity contribution in [1.82, 2.24) is 4.90 Å². The normalized spacial score (nSPS) is 25.9. The Balaban J connectivity index is 0.00000256. The minimum absolute atomic E-state index is 0. The Morgan fingerprint density at radius 1 is 1.29 bits per heavy atom. The third-order valence-corrected chi connectivity index (χ3v) is 4.05. The van der Waals surface area contributed by atoms with Gasteiger partial charge < -0.3 is 10.6 Å². The van der Waals surface area contributed by atoms with E-state index in [4.69, 9.17) is 5.73 Å². The van der Waals surface area contributed by atoms with Crippen LogP contribution in [0.2, 0.25) is 0 Å². The molecular weight excluding hydrogens is 236 g/mol. The molecule has 0 unspecified atom stereocenters. The summed E-state index contributed by atoms with van der Waals surface area (Å²) in [6.45, 7) is 4.22. The van der Waals surface area contributed by atoms with Crippen molar-refractivity contribution in [2.45, 2.75) is 64.5 Å². The van der Waals surface area contributed by atoms with Crippen LogP contribution in [-0.4, -0.2) is 29.9 Å². The van der Waals surface area contributed by atoms with Crippen molar-refractivity contribution >= 4 is 18.3 Å². The van der Waals surface area contributed by atoms with Crippen LogP contribution in [0, 0.1) is 5.92 Å². The largest absolute Gasteiger partial charge is 0.341 e. The molecule has 0 aromatic rings. The molecule has 0 aliphatic heterocycles. The van der Waals surface area contributed by atoms with E-state index in [2.05, 4.69) is 6.92 Å². The molecule has 0 bridgehead atoms. The highest BCUT2D eigenvalue weighted by Gasteiger charge is 2.27. The van der Waals surface area contributed by atoms with E-state index in [9.17, 15) is 4.79 Å². The van der Waals surface area contributed by atoms with Crippen molar-refractivity contribution in [1.29, 1.82) is 0 Å². The standard InChI is InChI=1S/C13H26N2O.ClH/c1-4-10-6-8-11(9-7-10)15(3)13(16)12(14)5-2;/h10-12H,4-9,14H2,1-3H3;1H/t10?,11?,12-;/m0./s1. The van der Waals surface area contributed by atoms with Crippen LogP contribution >= 0.6 is 12.4 Å². The van der Waals surface area contributed by atoms with Gasteiger partial charge in [0.05, 0.1) is 6.04 Å². The lowest BCUT2D eigenvalue weighted by Crippen LogP contribution is -2.47. The number of carbonyl (C=O) groups is 1. The van der Waals surface area contributed by atoms with Gasteiger partial charge in [-0.25, -0.2) is 0 Å². The first-order chi connectivity index (χ1) is 7.60. The van der Waals surface area contributed by atoms with E-state index in [0.717, 1.165) is 25.2 Å². The summed E-state index contributed by atoms with van der Waals surface area (Å²) in [5.41, 5.74) is 5.79. The van der Waals surface area contributed by atoms with E-state index >= 15 is 0 Å². The number of carbonyl (C=O) groups excluding carboxylic acids is 1. The SMILES string of the molecule is CCC1CCC(N(C)C(=O)[C@@H](N)CC)CC1.Cl. The lowest BCUT2D eigenvalue weighted by Gasteiger charge is -2.35. The van der Waals surface area contributed by atoms with Gasteiger partial charge in [-0.1, -0.05) is 20.3 Å². The third-order valence-electron chi connectivity index (χ3n) is 4.05. The van der Waals surface area contributed by atoms with Crippen LogP contribution in [0.25, 0.3) is 0 Å². The van der Waals surface area contributed by atoms with E-state index in [1.165, 1.54) is 19.3 Å². The highest BCUT2D eigenvalue weighted by Crippen LogP contribution is 2.29. The second kappa shape index (κ2) is 7.93. The van der Waals surface area contributed by atoms with E-state index in [1.54, 1.807) is 0 Å². The average molecular weight is 263 g/mol. The van der Waals surface area contributed by atoms with Gasteiger partial charge >= 0.3 is 0 Å². The number of hydrogen-bond acceptors (Lipinski definition) is 2. The molecule has 102 valence electrons. The van der Waals surface area contributed by atoms with Gasteiger partial charge in [-0.3, -0.25) is 4.79 Å². The maximum absolute atomic E-state index is 11.9. The Bertz CT molecular complexity index is 227. The molecule has 17 heavy (non-hydrogen) atoms. The van der Waals surface area contributed by atoms with Crippen molar-refractivity contribution in [3.05, 3.63) is 0 Å². The van der Waals surface area contributed by atoms with Crippen LogP contribution in [0.15, 0.2) is 0 Å². The van der Waals surface area contributed by atoms with Crippen LogP contribution in [0.1, 0.15) is 52.4 Å². The van der Waals surface area contributed by atoms with Gasteiger partial charge in [-0.15, -0.1) is 12.4 Å². The summed E-state index contributed by atoms with van der Waals surface area (Å²) < 4.78 is 0. The fraction of sp³-hybridized carbons (Fsp3) is 0.923. The molecule has 1 aliphatic carbocycles. The van der Waals surface area contributed by atoms with Crippen LogP contribution < -0.4 is 5.73 Å². The molecule has 1 amide bonds. The van der Waals surface area contributed by atoms with E-state index in [1.807, 2.05) is 18.9 Å². The van der Waals surface area contributed by atoms with Crippen molar-refractivity contribution < 1.29 is 4.79 Å². The molecule has 0 heterocycles. The Morgan fingerprint density at radius 3 is 2.24 bits per heavy atom. The minimum atomic E-state index is -0.311. The molecule has 0 aromatic heterocycles. The highest BCUT2D eigenvalue weighted by atomic mass is 35.5. The monoisotopic (exact) mass is 262 g/mol. The van der Waals surface area contributed by atoms with Gasteiger partial charge in [-0.05, 0) is 38.0 Å². The summed E-state index contributed by atoms with van der Waals surface area (Å²) >= 11 is 0. The van der Waals surface area contributed by atoms with Gasteiger partial charge in [0.15, 0.2) is 0 Å². The first-order valence-corrected chi connectivity index (χ1v) is 6.62. The molecule has 0 saturated heterocycles. The topological polar surface area (TPSA) is 46.3 Å². The van der Waals surface area contributed by atoms with Crippen LogP contribution in [0.3, 0.4) is 0 Å². The number of nitrogens with two attached hydrogens (primary N) is 1. The lowest BCUT2D eigenvalue weighted by molar-refractivity contribution is -0.134. The summed E-state index contributed by atoms with van der Waals surface area (Å²) in [6, 6.07) is 0.113. The van der Waals surface area contributed by atoms with Gasteiger partial charge in [-0.2, -0.15) is 0 Å². The molecule has 1 atom stereocenters. The second-order valence-electron chi connectivity index (χ2n) is 5.05. The quantitative estimate of drug-likeness (QED) is 0.847. The van der Waals surface area contributed by atoms with Crippen molar-refractivity contribution in [2.24, 2.45) is 11.7 Å². The van der Waals surface area contributed by atoms with Crippen molar-refractivity contribution in [3.63, 3.8) is 0 Å². The summed E-state index contributed by atoms with van der Waals surface area (Å²) in [6.07, 6.45) is 6.83. The third kappa shape index (κ3) is 4.47. The molecule has 4 heteroatoms. The summed E-state index contributed by atoms with van der Waals surface area (Å²) in [4.78, 5) is 13.8. The minimum Gasteiger partial charge on any atom is -0.341 e. The Morgan fingerprint density at radius 2 is 1.82 bits per heavy atom. The zero-order chi connectivity index (χ0) is 12.1. The Labute approximate surface area is 112 Å². The predicted molar refractivity (Wildman–Crippen MR) is 74.3 cm³/mol. The molecule has 1 aliphatic rings. The number of nitrogens with zero attached hydrogens (tertiary/aromatic N) is 1. The van der Waals surface area contributed by atoms with Crippen LogP contribution in [-0.2, 0) is 4.79 Å². The number of likely N-dealkylation sites (N-methyl/N-ethyl adjacent to an activating group) is 1. The predicted octanol–water partition coefficient (Wildman–Crippen LogP) is 2.57. The maximum atomic E-state index is 11.9. The summed E-state index contributed by atoms with van der Waals surface area (Å²) in [5.74, 6) is 0.988. The van der Waals surface area contributed by atoms with Gasteiger partial charge in [0.1, 0.15) is 0 Å². The molecule has 2 N–H and O–H groups in total. The zero-order valence-electron chi connectivity index (χ0n) is 11.3. The highest BCUT2D eigenvalue weighted by molar-refractivity contribution is 5.85. The molecule has 0 aromatic carbocycles. The van der Waals surface area contributed by atoms with Crippen LogP contribution in [0.5, 0.6) is 0 Å². The zero-order valence-corrected chi connectivity index (χ0v) is 12.1. The fourth-order valence-electron chi connectivity index (χ4n) is 2.56. The van der Waals surface area contributed by atoms with Crippen LogP contribution in [0.4, 0.5) is 0 Å². The molecular formula is C13H27ClN2O. The smallest absolute Gasteiger partial charge is 0.239 e. The van der Waals surface area contributed by atoms with E-state index in [-0.39, 0.29) is 24.4 Å². The summed E-state index contributed by atoms with van der Waals surface area (Å²) in [5, 5.41) is 0. The second-order valence-corrected chi connectivity index (χ2v) is 5.05. The number of hydrogen-bond donors (Lipinski definition) is 1. The van der Waals surface area contributed by atoms with Gasteiger partial charge in [0, 0.05) is 13.1 Å². The van der Waals surface area contributed by atoms with Gasteiger partial charge in [0.2, 0.25) is 5.91 Å². The molecule has 1 rings (SSSR count). The van der Waals surface area contributed by atoms with Gasteiger partial charge in [0.25, 0.3) is 0 Å². The van der Waals surface area contributed by atoms with E-state index in [0.29, 0.717) is 6.04 Å². The molecule has 1 saturated carbocycles. The molecule has 0 radical (unpaired) electrons. The molecule has 1 fully saturated rings. The number of amides is 1. The van der Waals surface area contributed by atoms with Crippen molar-refractivity contribution in [3.8, 4) is 0 Å². The molecule has 3 nitrogen and oxygen atoms in total. The molecule has 0 spiro atoms. The first kappa shape index (κ1) is 16.7. The fourth-order valence-corrected chi connectivity index (χ4v) is 2.56. The van der Waals surface area contributed by atoms with Crippen molar-refractivity contribution in [2.75, 3.05) is 7.05 Å². The maximum Gasteiger partial charge on any atom is 0.239 e. The van der Waals surface area contributed by atoms with E-state index < -0.39 is 0 Å². The number of halogens is 1.